The van der Waals surface area contributed by atoms with Crippen molar-refractivity contribution in [2.45, 2.75) is 13.8 Å². The van der Waals surface area contributed by atoms with Crippen LogP contribution in [0.4, 0.5) is 8.78 Å². The summed E-state index contributed by atoms with van der Waals surface area (Å²) in [4.78, 5) is 3.95. The SMILES string of the molecule is Cc1cc(C)c(-n2cccn2)[c-]c1-n1cccn1.Fc1c[c-]c(-c2ccccn2)c(F)c1.[CH-]=Cc1ccccc1.[Ir+3]. The fourth-order valence-electron chi connectivity index (χ4n) is 3.76. The van der Waals surface area contributed by atoms with Gasteiger partial charge in [0.15, 0.2) is 0 Å². The van der Waals surface area contributed by atoms with Gasteiger partial charge in [-0.05, 0) is 35.3 Å². The molecule has 0 spiro atoms. The minimum absolute atomic E-state index is 0. The van der Waals surface area contributed by atoms with Crippen LogP contribution in [0.3, 0.4) is 0 Å². The van der Waals surface area contributed by atoms with Gasteiger partial charge in [-0.3, -0.25) is 24.7 Å². The van der Waals surface area contributed by atoms with Gasteiger partial charge in [-0.25, -0.2) is 6.08 Å². The van der Waals surface area contributed by atoms with Gasteiger partial charge in [0.05, 0.1) is 0 Å². The van der Waals surface area contributed by atoms with E-state index in [1.54, 1.807) is 42.9 Å². The number of nitrogens with zero attached hydrogens (tertiary/aromatic N) is 5. The van der Waals surface area contributed by atoms with Gasteiger partial charge in [-0.15, -0.1) is 41.5 Å². The summed E-state index contributed by atoms with van der Waals surface area (Å²) in [6, 6.07) is 28.6. The van der Waals surface area contributed by atoms with E-state index >= 15 is 0 Å². The van der Waals surface area contributed by atoms with Crippen LogP contribution < -0.4 is 0 Å². The minimum atomic E-state index is -0.649. The molecule has 0 fully saturated rings. The van der Waals surface area contributed by atoms with Crippen LogP contribution >= 0.6 is 0 Å². The summed E-state index contributed by atoms with van der Waals surface area (Å²) in [7, 11) is 0. The molecule has 0 bridgehead atoms. The smallest absolute Gasteiger partial charge is 0.305 e. The average molecular weight is 723 g/mol. The molecule has 0 atom stereocenters. The Labute approximate surface area is 252 Å². The monoisotopic (exact) mass is 723 g/mol. The summed E-state index contributed by atoms with van der Waals surface area (Å²) in [6.45, 7) is 9.35. The maximum Gasteiger partial charge on any atom is 3.00 e. The maximum absolute atomic E-state index is 13.2. The fourth-order valence-corrected chi connectivity index (χ4v) is 3.76. The molecule has 3 aromatic heterocycles. The second-order valence-electron chi connectivity index (χ2n) is 8.57. The van der Waals surface area contributed by atoms with Crippen LogP contribution in [-0.2, 0) is 20.1 Å². The molecule has 3 aromatic carbocycles. The maximum atomic E-state index is 13.2. The zero-order valence-corrected chi connectivity index (χ0v) is 24.8. The number of pyridine rings is 1. The predicted octanol–water partition coefficient (Wildman–Crippen LogP) is 7.43. The number of halogens is 2. The van der Waals surface area contributed by atoms with Gasteiger partial charge in [0, 0.05) is 42.6 Å². The van der Waals surface area contributed by atoms with Crippen LogP contribution in [0.15, 0.2) is 110 Å². The third-order valence-electron chi connectivity index (χ3n) is 5.65. The van der Waals surface area contributed by atoms with E-state index < -0.39 is 11.6 Å². The third-order valence-corrected chi connectivity index (χ3v) is 5.65. The summed E-state index contributed by atoms with van der Waals surface area (Å²) < 4.78 is 29.4. The zero-order valence-electron chi connectivity index (χ0n) is 22.4. The standard InChI is InChI=1S/C14H13N4.C11H6F2N.C8H7.Ir/c1-11-9-12(2)14(18-8-4-6-16-18)10-13(11)17-7-3-5-15-17;12-8-4-5-9(10(13)7-8)11-3-1-2-6-14-11;1-2-8-6-4-3-5-7-8;/h3-9H,1-2H3;1-4,6-7H;1-7H;/q3*-1;+3. The number of rotatable bonds is 4. The van der Waals surface area contributed by atoms with Crippen molar-refractivity contribution in [3.63, 3.8) is 0 Å². The Kier molecular flexibility index (Phi) is 11.6. The Balaban J connectivity index is 0.000000179. The molecule has 0 saturated heterocycles. The van der Waals surface area contributed by atoms with Crippen LogP contribution in [-0.4, -0.2) is 24.5 Å². The van der Waals surface area contributed by atoms with E-state index in [-0.39, 0.29) is 25.7 Å². The Morgan fingerprint density at radius 2 is 1.39 bits per heavy atom. The van der Waals surface area contributed by atoms with Crippen molar-refractivity contribution in [2.75, 3.05) is 0 Å². The number of hydrogen-bond donors (Lipinski definition) is 0. The summed E-state index contributed by atoms with van der Waals surface area (Å²) in [5.41, 5.74) is 5.90. The van der Waals surface area contributed by atoms with E-state index in [1.165, 1.54) is 0 Å². The molecule has 0 aliphatic rings. The second kappa shape index (κ2) is 15.3. The topological polar surface area (TPSA) is 48.5 Å². The van der Waals surface area contributed by atoms with Crippen molar-refractivity contribution < 1.29 is 28.9 Å². The number of hydrogen-bond acceptors (Lipinski definition) is 3. The van der Waals surface area contributed by atoms with Gasteiger partial charge in [0.1, 0.15) is 0 Å². The molecule has 206 valence electrons. The van der Waals surface area contributed by atoms with E-state index in [2.05, 4.69) is 47.2 Å². The molecule has 0 radical (unpaired) electrons. The molecular weight excluding hydrogens is 697 g/mol. The van der Waals surface area contributed by atoms with Crippen molar-refractivity contribution in [1.29, 1.82) is 0 Å². The molecule has 0 N–H and O–H groups in total. The van der Waals surface area contributed by atoms with Gasteiger partial charge in [0.2, 0.25) is 0 Å². The molecule has 6 rings (SSSR count). The first-order chi connectivity index (χ1) is 19.5. The average Bonchev–Trinajstić information content (AvgIpc) is 3.70. The van der Waals surface area contributed by atoms with Crippen LogP contribution in [0.1, 0.15) is 16.7 Å². The molecule has 0 amide bonds. The van der Waals surface area contributed by atoms with Gasteiger partial charge in [0.25, 0.3) is 0 Å². The number of aryl methyl sites for hydroxylation is 2. The van der Waals surface area contributed by atoms with E-state index in [0.29, 0.717) is 5.69 Å². The minimum Gasteiger partial charge on any atom is -0.305 e. The van der Waals surface area contributed by atoms with Crippen molar-refractivity contribution >= 4 is 6.08 Å². The van der Waals surface area contributed by atoms with Gasteiger partial charge >= 0.3 is 20.1 Å². The quantitative estimate of drug-likeness (QED) is 0.178. The van der Waals surface area contributed by atoms with Gasteiger partial charge in [-0.1, -0.05) is 55.8 Å². The largest absolute Gasteiger partial charge is 3.00 e. The van der Waals surface area contributed by atoms with E-state index in [1.807, 2.05) is 64.2 Å². The first-order valence-corrected chi connectivity index (χ1v) is 12.4. The van der Waals surface area contributed by atoms with Crippen molar-refractivity contribution in [3.8, 4) is 22.6 Å². The number of benzene rings is 3. The van der Waals surface area contributed by atoms with Crippen LogP contribution in [0.2, 0.25) is 0 Å². The molecule has 3 heterocycles. The van der Waals surface area contributed by atoms with Crippen LogP contribution in [0.5, 0.6) is 0 Å². The molecule has 6 aromatic rings. The summed E-state index contributed by atoms with van der Waals surface area (Å²) >= 11 is 0. The van der Waals surface area contributed by atoms with Gasteiger partial charge < -0.3 is 4.98 Å². The molecule has 0 saturated carbocycles. The van der Waals surface area contributed by atoms with E-state index in [0.717, 1.165) is 40.2 Å². The molecule has 0 aliphatic carbocycles. The van der Waals surface area contributed by atoms with Gasteiger partial charge in [-0.2, -0.15) is 21.8 Å². The first-order valence-electron chi connectivity index (χ1n) is 12.4. The summed E-state index contributed by atoms with van der Waals surface area (Å²) in [5, 5.41) is 8.51. The molecule has 5 nitrogen and oxygen atoms in total. The molecular formula is C33H26F2IrN5. The summed E-state index contributed by atoms with van der Waals surface area (Å²) in [6.07, 6.45) is 10.5. The Morgan fingerprint density at radius 3 is 1.85 bits per heavy atom. The third kappa shape index (κ3) is 8.48. The Bertz CT molecular complexity index is 1580. The number of aromatic nitrogens is 5. The molecule has 41 heavy (non-hydrogen) atoms. The predicted molar refractivity (Wildman–Crippen MR) is 153 cm³/mol. The Hall–Kier alpha value is -4.52. The zero-order chi connectivity index (χ0) is 28.3. The fraction of sp³-hybridized carbons (Fsp3) is 0.0606. The van der Waals surface area contributed by atoms with Crippen LogP contribution in [0, 0.1) is 44.2 Å². The molecule has 0 unspecified atom stereocenters. The Morgan fingerprint density at radius 1 is 0.780 bits per heavy atom. The van der Waals surface area contributed by atoms with Crippen molar-refractivity contribution in [3.05, 3.63) is 157 Å². The van der Waals surface area contributed by atoms with Crippen molar-refractivity contribution in [1.82, 2.24) is 24.5 Å². The molecule has 8 heteroatoms. The van der Waals surface area contributed by atoms with Crippen molar-refractivity contribution in [2.24, 2.45) is 0 Å². The van der Waals surface area contributed by atoms with E-state index in [4.69, 9.17) is 6.58 Å². The second-order valence-corrected chi connectivity index (χ2v) is 8.57. The molecule has 0 aliphatic heterocycles. The van der Waals surface area contributed by atoms with E-state index in [9.17, 15) is 8.78 Å². The summed E-state index contributed by atoms with van der Waals surface area (Å²) in [5.74, 6) is -1.29. The normalized spacial score (nSPS) is 9.85. The first kappa shape index (κ1) is 31.0. The van der Waals surface area contributed by atoms with Crippen LogP contribution in [0.25, 0.3) is 28.7 Å².